The maximum absolute atomic E-state index is 13.7. The molecule has 1 unspecified atom stereocenters. The fourth-order valence-corrected chi connectivity index (χ4v) is 2.49. The van der Waals surface area contributed by atoms with Crippen molar-refractivity contribution in [1.29, 1.82) is 0 Å². The van der Waals surface area contributed by atoms with Gasteiger partial charge in [0.2, 0.25) is 12.0 Å². The quantitative estimate of drug-likeness (QED) is 0.661. The Kier molecular flexibility index (Phi) is 4.85. The molecule has 0 radical (unpaired) electrons. The molecule has 0 fully saturated rings. The van der Waals surface area contributed by atoms with Gasteiger partial charge in [-0.05, 0) is 16.3 Å². The molecule has 0 saturated heterocycles. The lowest BCUT2D eigenvalue weighted by Gasteiger charge is -2.23. The van der Waals surface area contributed by atoms with Crippen LogP contribution in [-0.2, 0) is 0 Å². The number of rotatable bonds is 4. The lowest BCUT2D eigenvalue weighted by molar-refractivity contribution is -0.198. The third-order valence-electron chi connectivity index (χ3n) is 3.39. The first kappa shape index (κ1) is 17.2. The molecule has 1 heterocycles. The number of benzene rings is 2. The highest BCUT2D eigenvalue weighted by atomic mass is 35.5. The minimum Gasteiger partial charge on any atom is -0.458 e. The van der Waals surface area contributed by atoms with Crippen molar-refractivity contribution in [2.24, 2.45) is 0 Å². The molecule has 0 saturated carbocycles. The van der Waals surface area contributed by atoms with E-state index in [1.54, 1.807) is 42.5 Å². The molecule has 0 aliphatic carbocycles. The summed E-state index contributed by atoms with van der Waals surface area (Å²) in [4.78, 5) is 0. The summed E-state index contributed by atoms with van der Waals surface area (Å²) in [6.07, 6.45) is -6.89. The van der Waals surface area contributed by atoms with Gasteiger partial charge in [-0.1, -0.05) is 71.3 Å². The minimum atomic E-state index is -4.66. The summed E-state index contributed by atoms with van der Waals surface area (Å²) in [5.74, 6) is -0.356. The van der Waals surface area contributed by atoms with Crippen LogP contribution in [0, 0.1) is 0 Å². The SMILES string of the molecule is FC(F)(F)C(Oc1cc(Cl)nnn1)c1ccccc1-c1ccccc1. The Morgan fingerprint density at radius 1 is 0.920 bits per heavy atom. The zero-order chi connectivity index (χ0) is 17.9. The van der Waals surface area contributed by atoms with Gasteiger partial charge < -0.3 is 4.74 Å². The smallest absolute Gasteiger partial charge is 0.429 e. The van der Waals surface area contributed by atoms with Crippen molar-refractivity contribution in [2.75, 3.05) is 0 Å². The predicted octanol–water partition coefficient (Wildman–Crippen LogP) is 4.87. The van der Waals surface area contributed by atoms with Crippen molar-refractivity contribution in [2.45, 2.75) is 12.3 Å². The van der Waals surface area contributed by atoms with Crippen molar-refractivity contribution in [3.8, 4) is 17.0 Å². The zero-order valence-corrected chi connectivity index (χ0v) is 13.4. The largest absolute Gasteiger partial charge is 0.458 e. The third kappa shape index (κ3) is 4.06. The predicted molar refractivity (Wildman–Crippen MR) is 86.1 cm³/mol. The van der Waals surface area contributed by atoms with Gasteiger partial charge in [-0.25, -0.2) is 0 Å². The summed E-state index contributed by atoms with van der Waals surface area (Å²) in [6, 6.07) is 16.0. The molecule has 1 aromatic heterocycles. The second kappa shape index (κ2) is 7.06. The van der Waals surface area contributed by atoms with E-state index in [0.717, 1.165) is 6.07 Å². The number of hydrogen-bond acceptors (Lipinski definition) is 4. The average Bonchev–Trinajstić information content (AvgIpc) is 2.60. The molecule has 8 heteroatoms. The van der Waals surface area contributed by atoms with Gasteiger partial charge in [-0.2, -0.15) is 13.2 Å². The van der Waals surface area contributed by atoms with Gasteiger partial charge in [0.15, 0.2) is 5.15 Å². The van der Waals surface area contributed by atoms with Crippen molar-refractivity contribution < 1.29 is 17.9 Å². The van der Waals surface area contributed by atoms with Gasteiger partial charge in [-0.3, -0.25) is 0 Å². The van der Waals surface area contributed by atoms with Gasteiger partial charge in [0, 0.05) is 11.6 Å². The maximum Gasteiger partial charge on any atom is 0.429 e. The van der Waals surface area contributed by atoms with E-state index in [4.69, 9.17) is 16.3 Å². The van der Waals surface area contributed by atoms with Gasteiger partial charge in [0.05, 0.1) is 0 Å². The second-order valence-corrected chi connectivity index (χ2v) is 5.47. The third-order valence-corrected chi connectivity index (χ3v) is 3.57. The zero-order valence-electron chi connectivity index (χ0n) is 12.6. The lowest BCUT2D eigenvalue weighted by atomic mass is 9.96. The molecule has 0 aliphatic heterocycles. The second-order valence-electron chi connectivity index (χ2n) is 5.09. The molecule has 0 amide bonds. The molecular formula is C17H11ClF3N3O. The molecule has 128 valence electrons. The van der Waals surface area contributed by atoms with Crippen LogP contribution >= 0.6 is 11.6 Å². The molecule has 0 spiro atoms. The molecule has 4 nitrogen and oxygen atoms in total. The molecule has 0 bridgehead atoms. The highest BCUT2D eigenvalue weighted by Gasteiger charge is 2.44. The number of halogens is 4. The number of aromatic nitrogens is 3. The Morgan fingerprint density at radius 3 is 2.28 bits per heavy atom. The van der Waals surface area contributed by atoms with E-state index in [0.29, 0.717) is 11.1 Å². The van der Waals surface area contributed by atoms with E-state index >= 15 is 0 Å². The first-order chi connectivity index (χ1) is 11.9. The van der Waals surface area contributed by atoms with Crippen LogP contribution in [0.15, 0.2) is 60.7 Å². The van der Waals surface area contributed by atoms with Crippen LogP contribution in [0.1, 0.15) is 11.7 Å². The standard InChI is InChI=1S/C17H11ClF3N3O/c18-14-10-15(23-24-22-14)25-16(17(19,20)21)13-9-5-4-8-12(13)11-6-2-1-3-7-11/h1-10,16H. The van der Waals surface area contributed by atoms with E-state index in [9.17, 15) is 13.2 Å². The molecule has 1 atom stereocenters. The molecule has 25 heavy (non-hydrogen) atoms. The van der Waals surface area contributed by atoms with Crippen LogP contribution in [0.25, 0.3) is 11.1 Å². The fourth-order valence-electron chi connectivity index (χ4n) is 2.36. The van der Waals surface area contributed by atoms with E-state index in [1.807, 2.05) is 0 Å². The topological polar surface area (TPSA) is 47.9 Å². The molecule has 2 aromatic carbocycles. The number of ether oxygens (including phenoxy) is 1. The van der Waals surface area contributed by atoms with Gasteiger partial charge >= 0.3 is 6.18 Å². The van der Waals surface area contributed by atoms with E-state index < -0.39 is 12.3 Å². The van der Waals surface area contributed by atoms with Crippen LogP contribution in [0.4, 0.5) is 13.2 Å². The molecule has 3 aromatic rings. The van der Waals surface area contributed by atoms with Crippen LogP contribution in [0.3, 0.4) is 0 Å². The number of alkyl halides is 3. The van der Waals surface area contributed by atoms with Crippen molar-refractivity contribution in [3.05, 3.63) is 71.4 Å². The molecule has 0 aliphatic rings. The van der Waals surface area contributed by atoms with E-state index in [2.05, 4.69) is 15.4 Å². The Balaban J connectivity index is 2.06. The Hall–Kier alpha value is -2.67. The summed E-state index contributed by atoms with van der Waals surface area (Å²) in [7, 11) is 0. The minimum absolute atomic E-state index is 0.0315. The highest BCUT2D eigenvalue weighted by Crippen LogP contribution is 2.40. The maximum atomic E-state index is 13.7. The molecular weight excluding hydrogens is 355 g/mol. The molecule has 0 N–H and O–H groups in total. The normalized spacial score (nSPS) is 12.6. The van der Waals surface area contributed by atoms with Crippen LogP contribution < -0.4 is 4.74 Å². The summed E-state index contributed by atoms with van der Waals surface area (Å²) in [6.45, 7) is 0. The summed E-state index contributed by atoms with van der Waals surface area (Å²) in [5.41, 5.74) is 1.03. The fraction of sp³-hybridized carbons (Fsp3) is 0.118. The van der Waals surface area contributed by atoms with Crippen molar-refractivity contribution in [1.82, 2.24) is 15.4 Å². The highest BCUT2D eigenvalue weighted by molar-refractivity contribution is 6.29. The first-order valence-electron chi connectivity index (χ1n) is 7.19. The van der Waals surface area contributed by atoms with Crippen LogP contribution in [0.5, 0.6) is 5.88 Å². The Morgan fingerprint density at radius 2 is 1.60 bits per heavy atom. The summed E-state index contributed by atoms with van der Waals surface area (Å²) < 4.78 is 46.1. The number of nitrogens with zero attached hydrogens (tertiary/aromatic N) is 3. The van der Waals surface area contributed by atoms with E-state index in [-0.39, 0.29) is 16.6 Å². The first-order valence-corrected chi connectivity index (χ1v) is 7.56. The number of hydrogen-bond donors (Lipinski definition) is 0. The van der Waals surface area contributed by atoms with Crippen molar-refractivity contribution in [3.63, 3.8) is 0 Å². The Labute approximate surface area is 146 Å². The monoisotopic (exact) mass is 365 g/mol. The van der Waals surface area contributed by atoms with Crippen LogP contribution in [-0.4, -0.2) is 21.6 Å². The van der Waals surface area contributed by atoms with Gasteiger partial charge in [0.25, 0.3) is 0 Å². The summed E-state index contributed by atoms with van der Waals surface area (Å²) >= 11 is 5.64. The summed E-state index contributed by atoms with van der Waals surface area (Å²) in [5, 5.41) is 10.0. The van der Waals surface area contributed by atoms with Gasteiger partial charge in [-0.15, -0.1) is 5.10 Å². The molecule has 3 rings (SSSR count). The Bertz CT molecular complexity index is 859. The van der Waals surface area contributed by atoms with Crippen LogP contribution in [0.2, 0.25) is 5.15 Å². The van der Waals surface area contributed by atoms with Gasteiger partial charge in [0.1, 0.15) is 0 Å². The van der Waals surface area contributed by atoms with E-state index in [1.165, 1.54) is 12.1 Å². The average molecular weight is 366 g/mol. The van der Waals surface area contributed by atoms with Crippen molar-refractivity contribution >= 4 is 11.6 Å². The lowest BCUT2D eigenvalue weighted by Crippen LogP contribution is -2.27.